The summed E-state index contributed by atoms with van der Waals surface area (Å²) in [6.07, 6.45) is 5.45. The molecule has 1 aliphatic rings. The minimum atomic E-state index is -0.956. The van der Waals surface area contributed by atoms with Crippen molar-refractivity contribution in [3.8, 4) is 0 Å². The molecule has 1 saturated carbocycles. The third-order valence-corrected chi connectivity index (χ3v) is 3.91. The van der Waals surface area contributed by atoms with Gasteiger partial charge in [-0.15, -0.1) is 0 Å². The zero-order chi connectivity index (χ0) is 15.8. The molecule has 3 amide bonds. The lowest BCUT2D eigenvalue weighted by atomic mass is 9.94. The van der Waals surface area contributed by atoms with E-state index in [0.717, 1.165) is 25.7 Å². The number of nitrogens with one attached hydrogen (secondary N) is 1. The molecule has 1 rings (SSSR count). The topological polar surface area (TPSA) is 90.0 Å². The molecule has 0 spiro atoms. The minimum Gasteiger partial charge on any atom is -0.481 e. The van der Waals surface area contributed by atoms with Crippen LogP contribution in [-0.4, -0.2) is 66.0 Å². The second-order valence-electron chi connectivity index (χ2n) is 5.52. The van der Waals surface area contributed by atoms with Crippen LogP contribution in [0.25, 0.3) is 0 Å². The Labute approximate surface area is 125 Å². The van der Waals surface area contributed by atoms with E-state index in [4.69, 9.17) is 5.11 Å². The second kappa shape index (κ2) is 8.49. The molecule has 0 heterocycles. The second-order valence-corrected chi connectivity index (χ2v) is 5.52. The highest BCUT2D eigenvalue weighted by Crippen LogP contribution is 2.21. The fraction of sp³-hybridized carbons (Fsp3) is 0.786. The summed E-state index contributed by atoms with van der Waals surface area (Å²) in [6.45, 7) is 0.0665. The van der Waals surface area contributed by atoms with Crippen molar-refractivity contribution in [2.75, 3.05) is 27.2 Å². The predicted molar refractivity (Wildman–Crippen MR) is 77.9 cm³/mol. The van der Waals surface area contributed by atoms with Crippen LogP contribution in [0.2, 0.25) is 0 Å². The van der Waals surface area contributed by atoms with Crippen LogP contribution in [0.15, 0.2) is 0 Å². The van der Waals surface area contributed by atoms with E-state index in [2.05, 4.69) is 5.32 Å². The predicted octanol–water partition coefficient (Wildman–Crippen LogP) is 0.894. The number of carboxylic acid groups (broad SMARTS) is 1. The fourth-order valence-corrected chi connectivity index (χ4v) is 2.45. The number of hydrogen-bond acceptors (Lipinski definition) is 3. The van der Waals surface area contributed by atoms with Gasteiger partial charge in [-0.05, 0) is 12.8 Å². The molecule has 0 aliphatic heterocycles. The van der Waals surface area contributed by atoms with Gasteiger partial charge in [0, 0.05) is 26.7 Å². The Morgan fingerprint density at radius 1 is 1.14 bits per heavy atom. The van der Waals surface area contributed by atoms with E-state index in [1.807, 2.05) is 0 Å². The van der Waals surface area contributed by atoms with Gasteiger partial charge in [-0.25, -0.2) is 4.79 Å². The first-order chi connectivity index (χ1) is 9.91. The van der Waals surface area contributed by atoms with Gasteiger partial charge in [0.25, 0.3) is 0 Å². The van der Waals surface area contributed by atoms with Crippen molar-refractivity contribution in [2.45, 2.75) is 44.6 Å². The summed E-state index contributed by atoms with van der Waals surface area (Å²) in [4.78, 5) is 37.2. The van der Waals surface area contributed by atoms with Gasteiger partial charge in [-0.3, -0.25) is 9.59 Å². The van der Waals surface area contributed by atoms with Crippen molar-refractivity contribution < 1.29 is 19.5 Å². The molecule has 0 unspecified atom stereocenters. The molecule has 21 heavy (non-hydrogen) atoms. The Hall–Kier alpha value is -1.79. The maximum atomic E-state index is 12.0. The van der Waals surface area contributed by atoms with Crippen LogP contribution < -0.4 is 5.32 Å². The molecule has 0 saturated heterocycles. The molecule has 1 fully saturated rings. The Balaban J connectivity index is 2.30. The van der Waals surface area contributed by atoms with E-state index in [-0.39, 0.29) is 31.5 Å². The van der Waals surface area contributed by atoms with Crippen LogP contribution in [0.5, 0.6) is 0 Å². The van der Waals surface area contributed by atoms with Gasteiger partial charge < -0.3 is 20.2 Å². The summed E-state index contributed by atoms with van der Waals surface area (Å²) in [6, 6.07) is -0.158. The van der Waals surface area contributed by atoms with Gasteiger partial charge >= 0.3 is 12.0 Å². The number of carbonyl (C=O) groups excluding carboxylic acids is 2. The summed E-state index contributed by atoms with van der Waals surface area (Å²) in [5.41, 5.74) is 0. The molecule has 0 radical (unpaired) electrons. The van der Waals surface area contributed by atoms with Crippen LogP contribution in [0.1, 0.15) is 38.5 Å². The molecule has 0 bridgehead atoms. The van der Waals surface area contributed by atoms with E-state index >= 15 is 0 Å². The summed E-state index contributed by atoms with van der Waals surface area (Å²) < 4.78 is 0. The zero-order valence-electron chi connectivity index (χ0n) is 12.8. The fourth-order valence-electron chi connectivity index (χ4n) is 2.45. The molecule has 1 aliphatic carbocycles. The van der Waals surface area contributed by atoms with E-state index in [9.17, 15) is 14.4 Å². The Morgan fingerprint density at radius 2 is 1.76 bits per heavy atom. The smallest absolute Gasteiger partial charge is 0.317 e. The monoisotopic (exact) mass is 299 g/mol. The highest BCUT2D eigenvalue weighted by atomic mass is 16.4. The van der Waals surface area contributed by atoms with E-state index in [0.29, 0.717) is 0 Å². The maximum absolute atomic E-state index is 12.0. The number of nitrogens with zero attached hydrogens (tertiary/aromatic N) is 2. The average molecular weight is 299 g/mol. The number of amides is 3. The molecule has 7 nitrogen and oxygen atoms in total. The van der Waals surface area contributed by atoms with Crippen LogP contribution in [0, 0.1) is 0 Å². The molecular formula is C14H25N3O4. The van der Waals surface area contributed by atoms with E-state index in [1.165, 1.54) is 18.4 Å². The van der Waals surface area contributed by atoms with Gasteiger partial charge in [0.2, 0.25) is 5.91 Å². The SMILES string of the molecule is CN(CCC(=O)O)C(=O)NCC(=O)N(C)C1CCCCC1. The molecule has 7 heteroatoms. The summed E-state index contributed by atoms with van der Waals surface area (Å²) in [5, 5.41) is 11.1. The molecule has 120 valence electrons. The summed E-state index contributed by atoms with van der Waals surface area (Å²) >= 11 is 0. The largest absolute Gasteiger partial charge is 0.481 e. The van der Waals surface area contributed by atoms with Crippen molar-refractivity contribution >= 4 is 17.9 Å². The van der Waals surface area contributed by atoms with Crippen molar-refractivity contribution in [2.24, 2.45) is 0 Å². The lowest BCUT2D eigenvalue weighted by molar-refractivity contribution is -0.137. The first kappa shape index (κ1) is 17.3. The number of carboxylic acids is 1. The standard InChI is InChI=1S/C14H25N3O4/c1-16(9-8-13(19)20)14(21)15-10-12(18)17(2)11-6-4-3-5-7-11/h11H,3-10H2,1-2H3,(H,15,21)(H,19,20). The van der Waals surface area contributed by atoms with Gasteiger partial charge in [-0.2, -0.15) is 0 Å². The quantitative estimate of drug-likeness (QED) is 0.762. The lowest BCUT2D eigenvalue weighted by Crippen LogP contribution is -2.46. The van der Waals surface area contributed by atoms with E-state index in [1.54, 1.807) is 11.9 Å². The Morgan fingerprint density at radius 3 is 2.33 bits per heavy atom. The van der Waals surface area contributed by atoms with Crippen molar-refractivity contribution in [3.63, 3.8) is 0 Å². The highest BCUT2D eigenvalue weighted by molar-refractivity contribution is 5.84. The van der Waals surface area contributed by atoms with E-state index < -0.39 is 12.0 Å². The zero-order valence-corrected chi connectivity index (χ0v) is 12.8. The highest BCUT2D eigenvalue weighted by Gasteiger charge is 2.22. The van der Waals surface area contributed by atoms with Crippen LogP contribution in [0.3, 0.4) is 0 Å². The number of urea groups is 1. The van der Waals surface area contributed by atoms with Gasteiger partial charge in [-0.1, -0.05) is 19.3 Å². The molecule has 0 aromatic heterocycles. The Kier molecular flexibility index (Phi) is 6.98. The van der Waals surface area contributed by atoms with Crippen LogP contribution in [-0.2, 0) is 9.59 Å². The number of aliphatic carboxylic acids is 1. The first-order valence-corrected chi connectivity index (χ1v) is 7.38. The van der Waals surface area contributed by atoms with Crippen molar-refractivity contribution in [3.05, 3.63) is 0 Å². The first-order valence-electron chi connectivity index (χ1n) is 7.38. The lowest BCUT2D eigenvalue weighted by Gasteiger charge is -2.31. The third kappa shape index (κ3) is 6.01. The minimum absolute atomic E-state index is 0.0523. The summed E-state index contributed by atoms with van der Waals surface area (Å²) in [7, 11) is 3.28. The van der Waals surface area contributed by atoms with Crippen molar-refractivity contribution in [1.82, 2.24) is 15.1 Å². The summed E-state index contributed by atoms with van der Waals surface area (Å²) in [5.74, 6) is -1.07. The molecule has 0 aromatic rings. The molecule has 0 aromatic carbocycles. The Bertz CT molecular complexity index is 380. The normalized spacial score (nSPS) is 15.3. The van der Waals surface area contributed by atoms with Gasteiger partial charge in [0.1, 0.15) is 0 Å². The van der Waals surface area contributed by atoms with Crippen LogP contribution in [0.4, 0.5) is 4.79 Å². The average Bonchev–Trinajstić information content (AvgIpc) is 2.49. The van der Waals surface area contributed by atoms with Crippen LogP contribution >= 0.6 is 0 Å². The van der Waals surface area contributed by atoms with Gasteiger partial charge in [0.15, 0.2) is 0 Å². The molecule has 0 atom stereocenters. The maximum Gasteiger partial charge on any atom is 0.317 e. The number of likely N-dealkylation sites (N-methyl/N-ethyl adjacent to an activating group) is 1. The number of rotatable bonds is 6. The number of hydrogen-bond donors (Lipinski definition) is 2. The van der Waals surface area contributed by atoms with Gasteiger partial charge in [0.05, 0.1) is 13.0 Å². The molecule has 2 N–H and O–H groups in total. The third-order valence-electron chi connectivity index (χ3n) is 3.91. The molecular weight excluding hydrogens is 274 g/mol. The van der Waals surface area contributed by atoms with Crippen molar-refractivity contribution in [1.29, 1.82) is 0 Å². The number of carbonyl (C=O) groups is 3.